The molecule has 132 valence electrons. The third-order valence-corrected chi connectivity index (χ3v) is 5.16. The SMILES string of the molecule is Cc1cccc(-c2cccc([C@@H]3CCCN(Cc4ccncc4)C3)n2)c1. The number of benzene rings is 1. The summed E-state index contributed by atoms with van der Waals surface area (Å²) in [6.45, 7) is 5.37. The Morgan fingerprint density at radius 2 is 1.88 bits per heavy atom. The first kappa shape index (κ1) is 16.9. The minimum Gasteiger partial charge on any atom is -0.298 e. The van der Waals surface area contributed by atoms with Crippen molar-refractivity contribution in [3.63, 3.8) is 0 Å². The second kappa shape index (κ2) is 7.79. The number of hydrogen-bond donors (Lipinski definition) is 0. The van der Waals surface area contributed by atoms with E-state index in [9.17, 15) is 0 Å². The van der Waals surface area contributed by atoms with Crippen molar-refractivity contribution in [1.82, 2.24) is 14.9 Å². The van der Waals surface area contributed by atoms with Crippen molar-refractivity contribution < 1.29 is 0 Å². The number of aryl methyl sites for hydroxylation is 1. The summed E-state index contributed by atoms with van der Waals surface area (Å²) in [4.78, 5) is 11.7. The number of piperidine rings is 1. The number of nitrogens with zero attached hydrogens (tertiary/aromatic N) is 3. The van der Waals surface area contributed by atoms with E-state index in [1.165, 1.54) is 35.2 Å². The molecule has 2 aromatic heterocycles. The molecule has 0 bridgehead atoms. The molecule has 0 radical (unpaired) electrons. The Labute approximate surface area is 155 Å². The lowest BCUT2D eigenvalue weighted by Crippen LogP contribution is -2.34. The topological polar surface area (TPSA) is 29.0 Å². The first-order valence-corrected chi connectivity index (χ1v) is 9.43. The first-order chi connectivity index (χ1) is 12.8. The van der Waals surface area contributed by atoms with Crippen molar-refractivity contribution in [2.75, 3.05) is 13.1 Å². The zero-order valence-corrected chi connectivity index (χ0v) is 15.3. The van der Waals surface area contributed by atoms with Gasteiger partial charge in [-0.3, -0.25) is 14.9 Å². The Hall–Kier alpha value is -2.52. The highest BCUT2D eigenvalue weighted by Gasteiger charge is 2.22. The highest BCUT2D eigenvalue weighted by Crippen LogP contribution is 2.28. The molecule has 3 nitrogen and oxygen atoms in total. The summed E-state index contributed by atoms with van der Waals surface area (Å²) in [6, 6.07) is 19.3. The van der Waals surface area contributed by atoms with Gasteiger partial charge in [0.05, 0.1) is 5.69 Å². The van der Waals surface area contributed by atoms with Crippen LogP contribution in [-0.4, -0.2) is 28.0 Å². The normalized spacial score (nSPS) is 18.0. The van der Waals surface area contributed by atoms with Crippen molar-refractivity contribution in [3.8, 4) is 11.3 Å². The predicted molar refractivity (Wildman–Crippen MR) is 106 cm³/mol. The van der Waals surface area contributed by atoms with Crippen LogP contribution >= 0.6 is 0 Å². The summed E-state index contributed by atoms with van der Waals surface area (Å²) in [5.41, 5.74) is 6.12. The van der Waals surface area contributed by atoms with E-state index in [4.69, 9.17) is 4.98 Å². The van der Waals surface area contributed by atoms with E-state index in [1.807, 2.05) is 12.4 Å². The maximum Gasteiger partial charge on any atom is 0.0705 e. The molecule has 0 amide bonds. The summed E-state index contributed by atoms with van der Waals surface area (Å²) in [6.07, 6.45) is 6.20. The number of aromatic nitrogens is 2. The third-order valence-electron chi connectivity index (χ3n) is 5.16. The standard InChI is InChI=1S/C23H25N3/c1-18-5-2-6-20(15-18)22-8-3-9-23(25-22)21-7-4-14-26(17-21)16-19-10-12-24-13-11-19/h2-3,5-6,8-13,15,21H,4,7,14,16-17H2,1H3/t21-/m1/s1. The second-order valence-electron chi connectivity index (χ2n) is 7.25. The number of hydrogen-bond acceptors (Lipinski definition) is 3. The van der Waals surface area contributed by atoms with Crippen molar-refractivity contribution >= 4 is 0 Å². The summed E-state index contributed by atoms with van der Waals surface area (Å²) < 4.78 is 0. The Morgan fingerprint density at radius 1 is 1.04 bits per heavy atom. The van der Waals surface area contributed by atoms with Crippen LogP contribution in [0.25, 0.3) is 11.3 Å². The highest BCUT2D eigenvalue weighted by molar-refractivity contribution is 5.60. The van der Waals surface area contributed by atoms with Crippen molar-refractivity contribution in [1.29, 1.82) is 0 Å². The van der Waals surface area contributed by atoms with E-state index >= 15 is 0 Å². The average Bonchev–Trinajstić information content (AvgIpc) is 2.69. The van der Waals surface area contributed by atoms with Crippen LogP contribution < -0.4 is 0 Å². The van der Waals surface area contributed by atoms with Gasteiger partial charge in [0.25, 0.3) is 0 Å². The Morgan fingerprint density at radius 3 is 2.73 bits per heavy atom. The molecular weight excluding hydrogens is 318 g/mol. The smallest absolute Gasteiger partial charge is 0.0705 e. The molecule has 0 N–H and O–H groups in total. The molecule has 26 heavy (non-hydrogen) atoms. The van der Waals surface area contributed by atoms with Gasteiger partial charge in [0.2, 0.25) is 0 Å². The summed E-state index contributed by atoms with van der Waals surface area (Å²) in [7, 11) is 0. The number of pyridine rings is 2. The van der Waals surface area contributed by atoms with E-state index < -0.39 is 0 Å². The van der Waals surface area contributed by atoms with Gasteiger partial charge >= 0.3 is 0 Å². The minimum absolute atomic E-state index is 0.510. The quantitative estimate of drug-likeness (QED) is 0.679. The van der Waals surface area contributed by atoms with Crippen LogP contribution in [-0.2, 0) is 6.54 Å². The Bertz CT molecular complexity index is 860. The molecule has 1 aliphatic heterocycles. The lowest BCUT2D eigenvalue weighted by Gasteiger charge is -2.32. The average molecular weight is 343 g/mol. The van der Waals surface area contributed by atoms with Gasteiger partial charge in [0, 0.05) is 42.7 Å². The molecule has 0 saturated carbocycles. The first-order valence-electron chi connectivity index (χ1n) is 9.43. The largest absolute Gasteiger partial charge is 0.298 e. The lowest BCUT2D eigenvalue weighted by molar-refractivity contribution is 0.198. The van der Waals surface area contributed by atoms with Gasteiger partial charge in [0.15, 0.2) is 0 Å². The third kappa shape index (κ3) is 4.00. The van der Waals surface area contributed by atoms with Gasteiger partial charge < -0.3 is 0 Å². The van der Waals surface area contributed by atoms with Crippen LogP contribution in [0.15, 0.2) is 67.0 Å². The van der Waals surface area contributed by atoms with Crippen LogP contribution in [0.5, 0.6) is 0 Å². The van der Waals surface area contributed by atoms with Gasteiger partial charge in [0.1, 0.15) is 0 Å². The van der Waals surface area contributed by atoms with Gasteiger partial charge in [-0.25, -0.2) is 0 Å². The van der Waals surface area contributed by atoms with Crippen molar-refractivity contribution in [2.24, 2.45) is 0 Å². The molecule has 4 rings (SSSR count). The molecule has 1 aromatic carbocycles. The molecular formula is C23H25N3. The van der Waals surface area contributed by atoms with Crippen LogP contribution in [0.2, 0.25) is 0 Å². The van der Waals surface area contributed by atoms with Gasteiger partial charge in [-0.15, -0.1) is 0 Å². The van der Waals surface area contributed by atoms with Gasteiger partial charge in [-0.05, 0) is 62.2 Å². The molecule has 1 fully saturated rings. The summed E-state index contributed by atoms with van der Waals surface area (Å²) >= 11 is 0. The minimum atomic E-state index is 0.510. The molecule has 0 unspecified atom stereocenters. The zero-order chi connectivity index (χ0) is 17.8. The van der Waals surface area contributed by atoms with E-state index in [0.717, 1.165) is 25.3 Å². The number of rotatable bonds is 4. The summed E-state index contributed by atoms with van der Waals surface area (Å²) in [5.74, 6) is 0.510. The fourth-order valence-electron chi connectivity index (χ4n) is 3.83. The summed E-state index contributed by atoms with van der Waals surface area (Å²) in [5, 5.41) is 0. The van der Waals surface area contributed by atoms with Crippen LogP contribution in [0.1, 0.15) is 35.6 Å². The van der Waals surface area contributed by atoms with E-state index in [-0.39, 0.29) is 0 Å². The Balaban J connectivity index is 1.51. The molecule has 1 saturated heterocycles. The monoisotopic (exact) mass is 343 g/mol. The maximum atomic E-state index is 5.01. The van der Waals surface area contributed by atoms with E-state index in [1.54, 1.807) is 0 Å². The van der Waals surface area contributed by atoms with Crippen LogP contribution in [0.3, 0.4) is 0 Å². The van der Waals surface area contributed by atoms with E-state index in [0.29, 0.717) is 5.92 Å². The molecule has 1 aliphatic rings. The molecule has 0 aliphatic carbocycles. The fraction of sp³-hybridized carbons (Fsp3) is 0.304. The molecule has 3 heteroatoms. The Kier molecular flexibility index (Phi) is 5.07. The van der Waals surface area contributed by atoms with Crippen molar-refractivity contribution in [3.05, 3.63) is 83.8 Å². The molecule has 3 aromatic rings. The van der Waals surface area contributed by atoms with Crippen molar-refractivity contribution in [2.45, 2.75) is 32.2 Å². The van der Waals surface area contributed by atoms with Gasteiger partial charge in [-0.1, -0.05) is 29.8 Å². The molecule has 1 atom stereocenters. The van der Waals surface area contributed by atoms with Gasteiger partial charge in [-0.2, -0.15) is 0 Å². The molecule has 0 spiro atoms. The second-order valence-corrected chi connectivity index (χ2v) is 7.25. The predicted octanol–water partition coefficient (Wildman–Crippen LogP) is 4.83. The fourth-order valence-corrected chi connectivity index (χ4v) is 3.83. The maximum absolute atomic E-state index is 5.01. The molecule has 3 heterocycles. The van der Waals surface area contributed by atoms with Crippen LogP contribution in [0.4, 0.5) is 0 Å². The lowest BCUT2D eigenvalue weighted by atomic mass is 9.93. The highest BCUT2D eigenvalue weighted by atomic mass is 15.1. The zero-order valence-electron chi connectivity index (χ0n) is 15.3. The van der Waals surface area contributed by atoms with Crippen LogP contribution in [0, 0.1) is 6.92 Å². The van der Waals surface area contributed by atoms with E-state index in [2.05, 4.69) is 71.4 Å². The number of likely N-dealkylation sites (tertiary alicyclic amines) is 1.